The molecule has 1 aliphatic heterocycles. The highest BCUT2D eigenvalue weighted by atomic mass is 32.1. The molecule has 0 unspecified atom stereocenters. The standard InChI is InChI=1S/C19H24N4O2S/c1-2-17-22-16(13-26-17)11-21-19(25)14-6-7-18(24)23(12-14)10-8-15-5-3-4-9-20-15/h3-5,9,13-14H,2,6-8,10-12H2,1H3,(H,21,25)/t14-/m0/s1. The SMILES string of the molecule is CCc1nc(CNC(=O)[C@H]2CCC(=O)N(CCc3ccccn3)C2)cs1. The minimum Gasteiger partial charge on any atom is -0.350 e. The van der Waals surface area contributed by atoms with Gasteiger partial charge in [-0.05, 0) is 25.0 Å². The van der Waals surface area contributed by atoms with Crippen molar-refractivity contribution in [1.29, 1.82) is 0 Å². The summed E-state index contributed by atoms with van der Waals surface area (Å²) in [6.07, 6.45) is 4.42. The van der Waals surface area contributed by atoms with Crippen LogP contribution in [0.3, 0.4) is 0 Å². The first kappa shape index (κ1) is 18.5. The number of likely N-dealkylation sites (tertiary alicyclic amines) is 1. The molecule has 26 heavy (non-hydrogen) atoms. The van der Waals surface area contributed by atoms with E-state index >= 15 is 0 Å². The molecule has 0 aromatic carbocycles. The zero-order chi connectivity index (χ0) is 18.4. The van der Waals surface area contributed by atoms with Gasteiger partial charge >= 0.3 is 0 Å². The summed E-state index contributed by atoms with van der Waals surface area (Å²) >= 11 is 1.62. The lowest BCUT2D eigenvalue weighted by Gasteiger charge is -2.31. The zero-order valence-electron chi connectivity index (χ0n) is 15.0. The Bertz CT molecular complexity index is 747. The summed E-state index contributed by atoms with van der Waals surface area (Å²) in [6, 6.07) is 5.78. The van der Waals surface area contributed by atoms with Crippen LogP contribution in [0.2, 0.25) is 0 Å². The molecule has 1 aliphatic rings. The molecule has 0 saturated carbocycles. The molecule has 0 spiro atoms. The number of hydrogen-bond acceptors (Lipinski definition) is 5. The Morgan fingerprint density at radius 2 is 2.27 bits per heavy atom. The Kier molecular flexibility index (Phi) is 6.33. The molecular formula is C19H24N4O2S. The number of aryl methyl sites for hydroxylation is 1. The Labute approximate surface area is 157 Å². The molecule has 1 N–H and O–H groups in total. The van der Waals surface area contributed by atoms with Crippen LogP contribution in [-0.4, -0.2) is 39.8 Å². The molecule has 1 saturated heterocycles. The van der Waals surface area contributed by atoms with Gasteiger partial charge in [0.1, 0.15) is 0 Å². The topological polar surface area (TPSA) is 75.2 Å². The van der Waals surface area contributed by atoms with Gasteiger partial charge in [0.15, 0.2) is 0 Å². The smallest absolute Gasteiger partial charge is 0.225 e. The average Bonchev–Trinajstić information content (AvgIpc) is 3.14. The lowest BCUT2D eigenvalue weighted by molar-refractivity contribution is -0.138. The lowest BCUT2D eigenvalue weighted by Crippen LogP contribution is -2.46. The maximum Gasteiger partial charge on any atom is 0.225 e. The first-order chi connectivity index (χ1) is 12.7. The van der Waals surface area contributed by atoms with Gasteiger partial charge < -0.3 is 10.2 Å². The van der Waals surface area contributed by atoms with Crippen LogP contribution in [0.4, 0.5) is 0 Å². The number of amides is 2. The third-order valence-corrected chi connectivity index (χ3v) is 5.62. The Morgan fingerprint density at radius 1 is 1.38 bits per heavy atom. The van der Waals surface area contributed by atoms with E-state index in [9.17, 15) is 9.59 Å². The highest BCUT2D eigenvalue weighted by Crippen LogP contribution is 2.18. The summed E-state index contributed by atoms with van der Waals surface area (Å²) in [4.78, 5) is 35.2. The molecule has 1 fully saturated rings. The lowest BCUT2D eigenvalue weighted by atomic mass is 9.96. The number of hydrogen-bond donors (Lipinski definition) is 1. The van der Waals surface area contributed by atoms with E-state index in [1.54, 1.807) is 22.4 Å². The van der Waals surface area contributed by atoms with Crippen LogP contribution < -0.4 is 5.32 Å². The van der Waals surface area contributed by atoms with E-state index in [4.69, 9.17) is 0 Å². The molecule has 6 nitrogen and oxygen atoms in total. The van der Waals surface area contributed by atoms with Gasteiger partial charge in [0.25, 0.3) is 0 Å². The fraction of sp³-hybridized carbons (Fsp3) is 0.474. The Hall–Kier alpha value is -2.28. The Morgan fingerprint density at radius 3 is 3.00 bits per heavy atom. The van der Waals surface area contributed by atoms with Crippen molar-refractivity contribution in [3.8, 4) is 0 Å². The zero-order valence-corrected chi connectivity index (χ0v) is 15.8. The molecule has 0 aliphatic carbocycles. The third-order valence-electron chi connectivity index (χ3n) is 4.58. The van der Waals surface area contributed by atoms with Crippen molar-refractivity contribution >= 4 is 23.2 Å². The van der Waals surface area contributed by atoms with Crippen LogP contribution in [-0.2, 0) is 29.0 Å². The summed E-state index contributed by atoms with van der Waals surface area (Å²) in [5.41, 5.74) is 1.86. The fourth-order valence-corrected chi connectivity index (χ4v) is 3.80. The molecule has 0 bridgehead atoms. The van der Waals surface area contributed by atoms with Crippen LogP contribution in [0.15, 0.2) is 29.8 Å². The largest absolute Gasteiger partial charge is 0.350 e. The van der Waals surface area contributed by atoms with E-state index in [1.165, 1.54) is 0 Å². The second-order valence-electron chi connectivity index (χ2n) is 6.45. The molecule has 1 atom stereocenters. The second kappa shape index (κ2) is 8.89. The molecule has 2 aromatic rings. The Balaban J connectivity index is 1.49. The summed E-state index contributed by atoms with van der Waals surface area (Å²) in [5, 5.41) is 6.04. The van der Waals surface area contributed by atoms with Gasteiger partial charge in [-0.25, -0.2) is 4.98 Å². The van der Waals surface area contributed by atoms with Crippen molar-refractivity contribution in [2.24, 2.45) is 5.92 Å². The van der Waals surface area contributed by atoms with E-state index < -0.39 is 0 Å². The van der Waals surface area contributed by atoms with Crippen molar-refractivity contribution in [2.75, 3.05) is 13.1 Å². The minimum atomic E-state index is -0.152. The number of rotatable bonds is 7. The molecule has 2 amide bonds. The normalized spacial score (nSPS) is 17.3. The van der Waals surface area contributed by atoms with Crippen LogP contribution in [0.25, 0.3) is 0 Å². The fourth-order valence-electron chi connectivity index (χ4n) is 3.05. The van der Waals surface area contributed by atoms with Crippen LogP contribution in [0.1, 0.15) is 36.2 Å². The highest BCUT2D eigenvalue weighted by Gasteiger charge is 2.29. The summed E-state index contributed by atoms with van der Waals surface area (Å²) in [7, 11) is 0. The van der Waals surface area contributed by atoms with Gasteiger partial charge in [0, 0.05) is 43.2 Å². The van der Waals surface area contributed by atoms with Crippen molar-refractivity contribution in [3.05, 3.63) is 46.2 Å². The number of piperidine rings is 1. The van der Waals surface area contributed by atoms with Gasteiger partial charge in [-0.15, -0.1) is 11.3 Å². The van der Waals surface area contributed by atoms with Crippen molar-refractivity contribution in [2.45, 2.75) is 39.2 Å². The number of carbonyl (C=O) groups is 2. The molecular weight excluding hydrogens is 348 g/mol. The van der Waals surface area contributed by atoms with E-state index in [0.717, 1.165) is 22.8 Å². The number of pyridine rings is 1. The van der Waals surface area contributed by atoms with Crippen molar-refractivity contribution in [1.82, 2.24) is 20.2 Å². The van der Waals surface area contributed by atoms with E-state index in [1.807, 2.05) is 23.6 Å². The van der Waals surface area contributed by atoms with E-state index in [2.05, 4.69) is 22.2 Å². The van der Waals surface area contributed by atoms with Gasteiger partial charge in [-0.1, -0.05) is 13.0 Å². The third kappa shape index (κ3) is 4.88. The van der Waals surface area contributed by atoms with Crippen LogP contribution in [0.5, 0.6) is 0 Å². The van der Waals surface area contributed by atoms with E-state index in [0.29, 0.717) is 38.9 Å². The number of carbonyl (C=O) groups excluding carboxylic acids is 2. The molecule has 3 heterocycles. The number of nitrogens with one attached hydrogen (secondary N) is 1. The first-order valence-corrected chi connectivity index (χ1v) is 9.92. The second-order valence-corrected chi connectivity index (χ2v) is 7.39. The van der Waals surface area contributed by atoms with Crippen molar-refractivity contribution < 1.29 is 9.59 Å². The monoisotopic (exact) mass is 372 g/mol. The highest BCUT2D eigenvalue weighted by molar-refractivity contribution is 7.09. The summed E-state index contributed by atoms with van der Waals surface area (Å²) in [6.45, 7) is 3.61. The van der Waals surface area contributed by atoms with Crippen LogP contribution in [0, 0.1) is 5.92 Å². The molecule has 138 valence electrons. The number of nitrogens with zero attached hydrogens (tertiary/aromatic N) is 3. The van der Waals surface area contributed by atoms with Gasteiger partial charge in [0.05, 0.1) is 23.2 Å². The predicted molar refractivity (Wildman–Crippen MR) is 101 cm³/mol. The van der Waals surface area contributed by atoms with Gasteiger partial charge in [-0.2, -0.15) is 0 Å². The quantitative estimate of drug-likeness (QED) is 0.808. The maximum absolute atomic E-state index is 12.5. The molecule has 7 heteroatoms. The van der Waals surface area contributed by atoms with Gasteiger partial charge in [-0.3, -0.25) is 14.6 Å². The predicted octanol–water partition coefficient (Wildman–Crippen LogP) is 2.20. The summed E-state index contributed by atoms with van der Waals surface area (Å²) in [5.74, 6) is -0.0239. The molecule has 2 aromatic heterocycles. The first-order valence-electron chi connectivity index (χ1n) is 9.04. The molecule has 3 rings (SSSR count). The number of aromatic nitrogens is 2. The van der Waals surface area contributed by atoms with Crippen LogP contribution >= 0.6 is 11.3 Å². The minimum absolute atomic E-state index is 0.00591. The van der Waals surface area contributed by atoms with E-state index in [-0.39, 0.29) is 17.7 Å². The number of thiazole rings is 1. The average molecular weight is 372 g/mol. The molecule has 0 radical (unpaired) electrons. The van der Waals surface area contributed by atoms with Gasteiger partial charge in [0.2, 0.25) is 11.8 Å². The summed E-state index contributed by atoms with van der Waals surface area (Å²) < 4.78 is 0. The maximum atomic E-state index is 12.5. The van der Waals surface area contributed by atoms with Crippen molar-refractivity contribution in [3.63, 3.8) is 0 Å².